The first-order valence-corrected chi connectivity index (χ1v) is 19.5. The summed E-state index contributed by atoms with van der Waals surface area (Å²) in [6, 6.07) is 18.2. The van der Waals surface area contributed by atoms with Crippen LogP contribution in [0.5, 0.6) is 11.5 Å². The van der Waals surface area contributed by atoms with Crippen molar-refractivity contribution in [2.24, 2.45) is 5.14 Å². The molecule has 0 spiro atoms. The van der Waals surface area contributed by atoms with E-state index in [0.717, 1.165) is 34.0 Å². The van der Waals surface area contributed by atoms with Crippen LogP contribution in [-0.4, -0.2) is 92.9 Å². The normalized spacial score (nSPS) is 12.9. The zero-order valence-electron chi connectivity index (χ0n) is 31.6. The number of primary sulfonamides is 1. The SMILES string of the molecule is CC(C)n1nc(S(N)(=O)=O)cc1CN(C)C.COc1ccc(CN(Cc2ccc(OC)cc2)S(=O)(=O)c2cc(C(C)N(C)C)n(C(C)C)n2)cc1. The molecule has 2 heterocycles. The molecule has 14 nitrogen and oxygen atoms in total. The lowest BCUT2D eigenvalue weighted by Gasteiger charge is -2.22. The summed E-state index contributed by atoms with van der Waals surface area (Å²) >= 11 is 0. The highest BCUT2D eigenvalue weighted by Crippen LogP contribution is 2.28. The summed E-state index contributed by atoms with van der Waals surface area (Å²) in [6.07, 6.45) is 0. The molecule has 0 aliphatic heterocycles. The van der Waals surface area contributed by atoms with E-state index in [-0.39, 0.29) is 41.3 Å². The molecule has 2 N–H and O–H groups in total. The Hall–Kier alpha value is -3.80. The van der Waals surface area contributed by atoms with E-state index in [1.165, 1.54) is 10.4 Å². The van der Waals surface area contributed by atoms with E-state index < -0.39 is 20.0 Å². The lowest BCUT2D eigenvalue weighted by molar-refractivity contribution is 0.298. The van der Waals surface area contributed by atoms with Crippen molar-refractivity contribution in [3.8, 4) is 11.5 Å². The molecular weight excluding hydrogens is 693 g/mol. The summed E-state index contributed by atoms with van der Waals surface area (Å²) in [7, 11) is 3.34. The zero-order valence-corrected chi connectivity index (χ0v) is 33.2. The molecule has 0 saturated carbocycles. The van der Waals surface area contributed by atoms with E-state index in [2.05, 4.69) is 10.2 Å². The van der Waals surface area contributed by atoms with E-state index in [1.54, 1.807) is 29.6 Å². The van der Waals surface area contributed by atoms with Crippen molar-refractivity contribution in [3.63, 3.8) is 0 Å². The van der Waals surface area contributed by atoms with Crippen molar-refractivity contribution < 1.29 is 26.3 Å². The van der Waals surface area contributed by atoms with Gasteiger partial charge >= 0.3 is 0 Å². The number of hydrogen-bond acceptors (Lipinski definition) is 10. The fraction of sp³-hybridized carbons (Fsp3) is 0.486. The monoisotopic (exact) mass is 746 g/mol. The molecule has 0 amide bonds. The minimum absolute atomic E-state index is 0.00507. The van der Waals surface area contributed by atoms with Crippen LogP contribution in [0.15, 0.2) is 70.7 Å². The molecule has 2 aromatic carbocycles. The van der Waals surface area contributed by atoms with Gasteiger partial charge in [0.05, 0.1) is 25.6 Å². The highest BCUT2D eigenvalue weighted by Gasteiger charge is 2.31. The van der Waals surface area contributed by atoms with Gasteiger partial charge in [0, 0.05) is 49.9 Å². The average Bonchev–Trinajstić information content (AvgIpc) is 3.71. The van der Waals surface area contributed by atoms with Crippen LogP contribution in [0.2, 0.25) is 0 Å². The van der Waals surface area contributed by atoms with Crippen LogP contribution in [0.1, 0.15) is 75.3 Å². The van der Waals surface area contributed by atoms with Gasteiger partial charge in [0.2, 0.25) is 0 Å². The van der Waals surface area contributed by atoms with E-state index >= 15 is 0 Å². The summed E-state index contributed by atoms with van der Waals surface area (Å²) in [5.74, 6) is 1.44. The Morgan fingerprint density at radius 1 is 0.686 bits per heavy atom. The number of ether oxygens (including phenoxy) is 2. The number of nitrogens with zero attached hydrogens (tertiary/aromatic N) is 7. The molecule has 282 valence electrons. The number of aromatic nitrogens is 4. The molecule has 51 heavy (non-hydrogen) atoms. The van der Waals surface area contributed by atoms with Gasteiger partial charge in [-0.2, -0.15) is 14.5 Å². The summed E-state index contributed by atoms with van der Waals surface area (Å²) in [5.41, 5.74) is 3.41. The first kappa shape index (κ1) is 41.6. The predicted molar refractivity (Wildman–Crippen MR) is 199 cm³/mol. The van der Waals surface area contributed by atoms with Gasteiger partial charge in [-0.05, 0) is 98.2 Å². The second-order valence-corrected chi connectivity index (χ2v) is 16.7. The van der Waals surface area contributed by atoms with Crippen molar-refractivity contribution in [2.45, 2.75) is 82.4 Å². The highest BCUT2D eigenvalue weighted by atomic mass is 32.2. The first-order valence-electron chi connectivity index (χ1n) is 16.6. The standard InChI is InChI=1S/C26H36N4O4S.C9H18N4O2S/c1-19(2)30-25(20(3)28(4)5)16-26(27-30)35(31,32)29(17-21-8-12-23(33-6)13-9-21)18-22-10-14-24(34-7)15-11-22;1-7(2)13-8(6-12(3)4)5-9(11-13)16(10,14)15/h8-16,19-20H,17-18H2,1-7H3;5,7H,6H2,1-4H3,(H2,10,14,15). The van der Waals surface area contributed by atoms with Crippen molar-refractivity contribution in [1.82, 2.24) is 33.7 Å². The van der Waals surface area contributed by atoms with E-state index in [1.807, 2.05) is 121 Å². The highest BCUT2D eigenvalue weighted by molar-refractivity contribution is 7.89. The maximum atomic E-state index is 14.0. The number of nitrogens with two attached hydrogens (primary N) is 1. The Bertz CT molecular complexity index is 1870. The molecule has 0 radical (unpaired) electrons. The molecule has 0 bridgehead atoms. The molecular formula is C35H54N8O6S2. The van der Waals surface area contributed by atoms with Crippen LogP contribution < -0.4 is 14.6 Å². The van der Waals surface area contributed by atoms with Crippen LogP contribution in [0.25, 0.3) is 0 Å². The smallest absolute Gasteiger partial charge is 0.263 e. The summed E-state index contributed by atoms with van der Waals surface area (Å²) in [4.78, 5) is 3.99. The second-order valence-electron chi connectivity index (χ2n) is 13.3. The Kier molecular flexibility index (Phi) is 14.4. The number of rotatable bonds is 15. The van der Waals surface area contributed by atoms with Crippen molar-refractivity contribution in [2.75, 3.05) is 42.4 Å². The van der Waals surface area contributed by atoms with Crippen molar-refractivity contribution in [3.05, 3.63) is 83.2 Å². The third kappa shape index (κ3) is 11.1. The van der Waals surface area contributed by atoms with Gasteiger partial charge in [0.25, 0.3) is 20.0 Å². The largest absolute Gasteiger partial charge is 0.497 e. The van der Waals surface area contributed by atoms with E-state index in [4.69, 9.17) is 14.6 Å². The van der Waals surface area contributed by atoms with Crippen molar-refractivity contribution >= 4 is 20.0 Å². The van der Waals surface area contributed by atoms with Gasteiger partial charge in [-0.15, -0.1) is 0 Å². The molecule has 1 unspecified atom stereocenters. The van der Waals surface area contributed by atoms with Crippen LogP contribution in [0.4, 0.5) is 0 Å². The van der Waals surface area contributed by atoms with Gasteiger partial charge in [0.15, 0.2) is 10.1 Å². The Morgan fingerprint density at radius 2 is 1.14 bits per heavy atom. The lowest BCUT2D eigenvalue weighted by atomic mass is 10.2. The van der Waals surface area contributed by atoms with Crippen LogP contribution in [-0.2, 0) is 39.7 Å². The molecule has 4 aromatic rings. The third-order valence-corrected chi connectivity index (χ3v) is 10.6. The second kappa shape index (κ2) is 17.6. The van der Waals surface area contributed by atoms with Crippen LogP contribution in [0.3, 0.4) is 0 Å². The van der Waals surface area contributed by atoms with E-state index in [0.29, 0.717) is 6.54 Å². The number of methoxy groups -OCH3 is 2. The van der Waals surface area contributed by atoms with Crippen LogP contribution >= 0.6 is 0 Å². The van der Waals surface area contributed by atoms with Gasteiger partial charge in [-0.25, -0.2) is 22.0 Å². The minimum atomic E-state index is -3.90. The summed E-state index contributed by atoms with van der Waals surface area (Å²) in [6.45, 7) is 11.0. The quantitative estimate of drug-likeness (QED) is 0.181. The first-order chi connectivity index (χ1) is 23.8. The molecule has 0 aliphatic rings. The molecule has 1 atom stereocenters. The Morgan fingerprint density at radius 3 is 1.51 bits per heavy atom. The molecule has 2 aromatic heterocycles. The molecule has 0 aliphatic carbocycles. The Labute approximate surface area is 303 Å². The summed E-state index contributed by atoms with van der Waals surface area (Å²) < 4.78 is 65.7. The topological polar surface area (TPSA) is 158 Å². The number of sulfonamides is 2. The molecule has 4 rings (SSSR count). The molecule has 0 saturated heterocycles. The maximum Gasteiger partial charge on any atom is 0.263 e. The Balaban J connectivity index is 0.000000367. The van der Waals surface area contributed by atoms with E-state index in [9.17, 15) is 16.8 Å². The lowest BCUT2D eigenvalue weighted by Crippen LogP contribution is -2.30. The fourth-order valence-electron chi connectivity index (χ4n) is 5.17. The number of benzene rings is 2. The predicted octanol–water partition coefficient (Wildman–Crippen LogP) is 4.67. The minimum Gasteiger partial charge on any atom is -0.497 e. The van der Waals surface area contributed by atoms with Gasteiger partial charge in [0.1, 0.15) is 11.5 Å². The van der Waals surface area contributed by atoms with Gasteiger partial charge in [-0.1, -0.05) is 24.3 Å². The summed E-state index contributed by atoms with van der Waals surface area (Å²) in [5, 5.41) is 13.6. The third-order valence-electron chi connectivity index (χ3n) is 8.12. The van der Waals surface area contributed by atoms with Crippen LogP contribution in [0, 0.1) is 0 Å². The maximum absolute atomic E-state index is 14.0. The molecule has 16 heteroatoms. The number of hydrogen-bond donors (Lipinski definition) is 1. The fourth-order valence-corrected chi connectivity index (χ4v) is 7.03. The van der Waals surface area contributed by atoms with Crippen molar-refractivity contribution in [1.29, 1.82) is 0 Å². The van der Waals surface area contributed by atoms with Gasteiger partial charge < -0.3 is 19.3 Å². The molecule has 0 fully saturated rings. The average molecular weight is 747 g/mol. The zero-order chi connectivity index (χ0) is 38.3. The van der Waals surface area contributed by atoms with Gasteiger partial charge in [-0.3, -0.25) is 9.36 Å².